The van der Waals surface area contributed by atoms with Crippen molar-refractivity contribution < 1.29 is 40.6 Å². The third kappa shape index (κ3) is 6.24. The van der Waals surface area contributed by atoms with Crippen molar-refractivity contribution in [2.45, 2.75) is 24.6 Å². The number of alkyl halides is 3. The van der Waals surface area contributed by atoms with Gasteiger partial charge >= 0.3 is 12.3 Å². The van der Waals surface area contributed by atoms with E-state index in [1.165, 1.54) is 12.3 Å². The number of halogens is 3. The molecule has 1 N–H and O–H groups in total. The molecule has 8 nitrogen and oxygen atoms in total. The van der Waals surface area contributed by atoms with Gasteiger partial charge in [-0.3, -0.25) is 9.71 Å². The van der Waals surface area contributed by atoms with Crippen LogP contribution in [0.4, 0.5) is 18.9 Å². The summed E-state index contributed by atoms with van der Waals surface area (Å²) in [6, 6.07) is 3.79. The highest BCUT2D eigenvalue weighted by Gasteiger charge is 2.32. The van der Waals surface area contributed by atoms with E-state index in [1.54, 1.807) is 6.92 Å². The van der Waals surface area contributed by atoms with Gasteiger partial charge in [0, 0.05) is 12.3 Å². The topological polar surface area (TPSA) is 104 Å². The van der Waals surface area contributed by atoms with Gasteiger partial charge in [0.05, 0.1) is 31.2 Å². The number of hydrogen-bond donors (Lipinski definition) is 1. The number of nitrogens with one attached hydrogen (secondary N) is 1. The van der Waals surface area contributed by atoms with Crippen LogP contribution in [0, 0.1) is 0 Å². The molecule has 2 rings (SSSR count). The third-order valence-electron chi connectivity index (χ3n) is 3.32. The van der Waals surface area contributed by atoms with E-state index >= 15 is 0 Å². The third-order valence-corrected chi connectivity index (χ3v) is 4.72. The van der Waals surface area contributed by atoms with E-state index in [0.29, 0.717) is 12.5 Å². The van der Waals surface area contributed by atoms with E-state index < -0.39 is 33.0 Å². The summed E-state index contributed by atoms with van der Waals surface area (Å²) in [4.78, 5) is 15.1. The predicted molar refractivity (Wildman–Crippen MR) is 95.3 cm³/mol. The van der Waals surface area contributed by atoms with Gasteiger partial charge in [0.15, 0.2) is 0 Å². The van der Waals surface area contributed by atoms with Gasteiger partial charge in [-0.1, -0.05) is 6.92 Å². The number of pyridine rings is 1. The summed E-state index contributed by atoms with van der Waals surface area (Å²) in [5, 5.41) is 0. The molecule has 0 radical (unpaired) electrons. The van der Waals surface area contributed by atoms with E-state index in [9.17, 15) is 26.4 Å². The summed E-state index contributed by atoms with van der Waals surface area (Å²) < 4.78 is 78.4. The van der Waals surface area contributed by atoms with Gasteiger partial charge in [-0.25, -0.2) is 13.2 Å². The van der Waals surface area contributed by atoms with Crippen LogP contribution in [0.15, 0.2) is 41.6 Å². The minimum atomic E-state index is -5.00. The Bertz CT molecular complexity index is 979. The smallest absolute Gasteiger partial charge is 0.495 e. The van der Waals surface area contributed by atoms with Crippen molar-refractivity contribution in [3.63, 3.8) is 0 Å². The molecule has 0 aliphatic heterocycles. The fraction of sp³-hybridized carbons (Fsp3) is 0.294. The average Bonchev–Trinajstić information content (AvgIpc) is 2.64. The molecule has 0 aliphatic carbocycles. The van der Waals surface area contributed by atoms with E-state index in [1.807, 2.05) is 0 Å². The number of carbonyl (C=O) groups excluding carboxylic acids is 1. The minimum absolute atomic E-state index is 0.000213. The first kappa shape index (κ1) is 22.3. The molecule has 0 aliphatic rings. The molecule has 1 heterocycles. The second-order valence-electron chi connectivity index (χ2n) is 5.56. The quantitative estimate of drug-likeness (QED) is 0.636. The van der Waals surface area contributed by atoms with Crippen LogP contribution in [0.1, 0.15) is 23.7 Å². The van der Waals surface area contributed by atoms with Crippen LogP contribution in [0.3, 0.4) is 0 Å². The Hall–Kier alpha value is -3.02. The number of esters is 1. The summed E-state index contributed by atoms with van der Waals surface area (Å²) in [6.45, 7) is 1.98. The van der Waals surface area contributed by atoms with Crippen molar-refractivity contribution in [3.05, 3.63) is 42.2 Å². The van der Waals surface area contributed by atoms with Crippen LogP contribution in [-0.2, 0) is 14.8 Å². The fourth-order valence-electron chi connectivity index (χ4n) is 2.16. The molecule has 0 fully saturated rings. The van der Waals surface area contributed by atoms with Crippen molar-refractivity contribution in [2.75, 3.05) is 18.4 Å². The first-order valence-electron chi connectivity index (χ1n) is 8.14. The van der Waals surface area contributed by atoms with E-state index in [4.69, 9.17) is 9.47 Å². The van der Waals surface area contributed by atoms with Crippen molar-refractivity contribution in [3.8, 4) is 11.5 Å². The molecule has 29 heavy (non-hydrogen) atoms. The molecule has 0 saturated carbocycles. The second kappa shape index (κ2) is 8.99. The van der Waals surface area contributed by atoms with Crippen LogP contribution < -0.4 is 14.2 Å². The first-order chi connectivity index (χ1) is 13.6. The zero-order valence-corrected chi connectivity index (χ0v) is 16.1. The van der Waals surface area contributed by atoms with Gasteiger partial charge in [-0.2, -0.15) is 0 Å². The summed E-state index contributed by atoms with van der Waals surface area (Å²) in [5.74, 6) is -1.65. The number of hydrogen-bond acceptors (Lipinski definition) is 7. The molecular weight excluding hydrogens is 417 g/mol. The number of benzene rings is 1. The van der Waals surface area contributed by atoms with Crippen molar-refractivity contribution >= 4 is 21.7 Å². The number of aromatic nitrogens is 1. The van der Waals surface area contributed by atoms with Gasteiger partial charge in [-0.05, 0) is 24.6 Å². The highest BCUT2D eigenvalue weighted by atomic mass is 32.2. The largest absolute Gasteiger partial charge is 0.573 e. The normalized spacial score (nSPS) is 11.6. The van der Waals surface area contributed by atoms with Crippen LogP contribution in [-0.4, -0.2) is 39.5 Å². The molecule has 1 aromatic heterocycles. The Balaban J connectivity index is 2.34. The van der Waals surface area contributed by atoms with Crippen molar-refractivity contribution in [1.29, 1.82) is 0 Å². The molecule has 0 unspecified atom stereocenters. The Morgan fingerprint density at radius 2 is 1.93 bits per heavy atom. The van der Waals surface area contributed by atoms with Gasteiger partial charge in [-0.15, -0.1) is 13.2 Å². The Morgan fingerprint density at radius 3 is 2.55 bits per heavy atom. The molecular formula is C17H17F3N2O6S. The molecule has 158 valence electrons. The number of nitrogens with zero attached hydrogens (tertiary/aromatic N) is 1. The van der Waals surface area contributed by atoms with Crippen LogP contribution in [0.5, 0.6) is 11.5 Å². The molecule has 0 saturated heterocycles. The van der Waals surface area contributed by atoms with Crippen LogP contribution >= 0.6 is 0 Å². The summed E-state index contributed by atoms with van der Waals surface area (Å²) in [5.41, 5.74) is -0.0973. The summed E-state index contributed by atoms with van der Waals surface area (Å²) in [6.07, 6.45) is -2.09. The van der Waals surface area contributed by atoms with E-state index in [0.717, 1.165) is 25.4 Å². The fourth-order valence-corrected chi connectivity index (χ4v) is 3.38. The Morgan fingerprint density at radius 1 is 1.21 bits per heavy atom. The van der Waals surface area contributed by atoms with Crippen molar-refractivity contribution in [2.24, 2.45) is 0 Å². The maximum Gasteiger partial charge on any atom is 0.573 e. The summed E-state index contributed by atoms with van der Waals surface area (Å²) in [7, 11) is -3.25. The molecule has 2 aromatic rings. The maximum absolute atomic E-state index is 12.7. The predicted octanol–water partition coefficient (Wildman–Crippen LogP) is 3.36. The van der Waals surface area contributed by atoms with E-state index in [2.05, 4.69) is 14.4 Å². The lowest BCUT2D eigenvalue weighted by Crippen LogP contribution is -2.18. The molecule has 0 atom stereocenters. The SMILES string of the molecule is CCCOC(=O)c1cncc(NS(=O)(=O)c2cc(OC(F)(F)F)ccc2OC)c1. The van der Waals surface area contributed by atoms with Gasteiger partial charge in [0.2, 0.25) is 0 Å². The summed E-state index contributed by atoms with van der Waals surface area (Å²) >= 11 is 0. The standard InChI is InChI=1S/C17H17F3N2O6S/c1-3-6-27-16(23)11-7-12(10-21-9-11)22-29(24,25)15-8-13(28-17(18,19)20)4-5-14(15)26-2/h4-5,7-10,22H,3,6H2,1-2H3. The lowest BCUT2D eigenvalue weighted by atomic mass is 10.3. The van der Waals surface area contributed by atoms with Crippen molar-refractivity contribution in [1.82, 2.24) is 4.98 Å². The van der Waals surface area contributed by atoms with Gasteiger partial charge in [0.1, 0.15) is 16.4 Å². The molecule has 12 heteroatoms. The zero-order valence-electron chi connectivity index (χ0n) is 15.3. The number of anilines is 1. The first-order valence-corrected chi connectivity index (χ1v) is 9.63. The number of ether oxygens (including phenoxy) is 3. The lowest BCUT2D eigenvalue weighted by molar-refractivity contribution is -0.274. The zero-order chi connectivity index (χ0) is 21.7. The number of sulfonamides is 1. The second-order valence-corrected chi connectivity index (χ2v) is 7.22. The lowest BCUT2D eigenvalue weighted by Gasteiger charge is -2.14. The highest BCUT2D eigenvalue weighted by molar-refractivity contribution is 7.92. The molecule has 0 amide bonds. The number of methoxy groups -OCH3 is 1. The highest BCUT2D eigenvalue weighted by Crippen LogP contribution is 2.32. The average molecular weight is 434 g/mol. The van der Waals surface area contributed by atoms with E-state index in [-0.39, 0.29) is 23.6 Å². The van der Waals surface area contributed by atoms with Crippen LogP contribution in [0.25, 0.3) is 0 Å². The minimum Gasteiger partial charge on any atom is -0.495 e. The number of rotatable bonds is 8. The van der Waals surface area contributed by atoms with Crippen LogP contribution in [0.2, 0.25) is 0 Å². The molecule has 0 bridgehead atoms. The number of carbonyl (C=O) groups is 1. The molecule has 0 spiro atoms. The van der Waals surface area contributed by atoms with Gasteiger partial charge < -0.3 is 14.2 Å². The Labute approximate surface area is 164 Å². The Kier molecular flexibility index (Phi) is 6.90. The van der Waals surface area contributed by atoms with Gasteiger partial charge in [0.25, 0.3) is 10.0 Å². The molecule has 1 aromatic carbocycles. The maximum atomic E-state index is 12.7. The monoisotopic (exact) mass is 434 g/mol.